The molecule has 2 N–H and O–H groups in total. The molecule has 100 valence electrons. The summed E-state index contributed by atoms with van der Waals surface area (Å²) in [4.78, 5) is 11.8. The first kappa shape index (κ1) is 12.9. The van der Waals surface area contributed by atoms with Crippen molar-refractivity contribution >= 4 is 11.8 Å². The molecule has 18 heavy (non-hydrogen) atoms. The van der Waals surface area contributed by atoms with Crippen LogP contribution < -0.4 is 5.73 Å². The minimum absolute atomic E-state index is 0.0872. The van der Waals surface area contributed by atoms with Gasteiger partial charge in [-0.15, -0.1) is 0 Å². The third kappa shape index (κ3) is 3.24. The number of nitrogens with two attached hydrogens (primary N) is 1. The summed E-state index contributed by atoms with van der Waals surface area (Å²) in [7, 11) is 0. The van der Waals surface area contributed by atoms with E-state index >= 15 is 0 Å². The Labute approximate surface area is 107 Å². The largest absolute Gasteiger partial charge is 0.461 e. The Hall–Kier alpha value is -1.52. The Morgan fingerprint density at radius 2 is 2.33 bits per heavy atom. The molecule has 2 rings (SSSR count). The van der Waals surface area contributed by atoms with Gasteiger partial charge in [-0.2, -0.15) is 5.10 Å². The molecule has 2 unspecified atom stereocenters. The topological polar surface area (TPSA) is 70.1 Å². The lowest BCUT2D eigenvalue weighted by Crippen LogP contribution is -2.31. The van der Waals surface area contributed by atoms with Gasteiger partial charge in [0.1, 0.15) is 18.5 Å². The Balaban J connectivity index is 1.86. The highest BCUT2D eigenvalue weighted by molar-refractivity contribution is 5.69. The van der Waals surface area contributed by atoms with Gasteiger partial charge in [-0.25, -0.2) is 0 Å². The summed E-state index contributed by atoms with van der Waals surface area (Å²) in [5.41, 5.74) is 5.50. The van der Waals surface area contributed by atoms with Crippen molar-refractivity contribution in [3.05, 3.63) is 12.3 Å². The first-order valence-corrected chi connectivity index (χ1v) is 6.67. The lowest BCUT2D eigenvalue weighted by atomic mass is 9.85. The summed E-state index contributed by atoms with van der Waals surface area (Å²) in [5.74, 6) is 0.723. The minimum atomic E-state index is -0.219. The van der Waals surface area contributed by atoms with Gasteiger partial charge in [0.05, 0.1) is 0 Å². The van der Waals surface area contributed by atoms with Crippen molar-refractivity contribution in [1.29, 1.82) is 0 Å². The number of hydrogen-bond acceptors (Lipinski definition) is 4. The number of ether oxygens (including phenoxy) is 1. The van der Waals surface area contributed by atoms with E-state index in [1.54, 1.807) is 12.3 Å². The molecule has 1 saturated carbocycles. The van der Waals surface area contributed by atoms with Crippen molar-refractivity contribution in [1.82, 2.24) is 9.78 Å². The monoisotopic (exact) mass is 251 g/mol. The second-order valence-electron chi connectivity index (χ2n) is 4.92. The zero-order valence-corrected chi connectivity index (χ0v) is 10.8. The van der Waals surface area contributed by atoms with Crippen LogP contribution >= 0.6 is 0 Å². The molecule has 1 aliphatic rings. The van der Waals surface area contributed by atoms with E-state index in [1.165, 1.54) is 17.5 Å². The predicted octanol–water partition coefficient (Wildman–Crippen LogP) is 1.98. The summed E-state index contributed by atoms with van der Waals surface area (Å²) in [5, 5.41) is 3.98. The molecule has 2 atom stereocenters. The Kier molecular flexibility index (Phi) is 4.23. The second-order valence-corrected chi connectivity index (χ2v) is 4.92. The zero-order valence-electron chi connectivity index (χ0n) is 10.8. The van der Waals surface area contributed by atoms with Crippen LogP contribution in [0.3, 0.4) is 0 Å². The van der Waals surface area contributed by atoms with Crippen molar-refractivity contribution in [2.45, 2.75) is 51.7 Å². The Morgan fingerprint density at radius 1 is 1.56 bits per heavy atom. The van der Waals surface area contributed by atoms with Crippen molar-refractivity contribution in [2.24, 2.45) is 5.92 Å². The standard InChI is InChI=1S/C13H21N3O2/c1-2-10-5-3-4-6-11(10)18-13(17)9-16-8-7-12(14)15-16/h7-8,10-11H,2-6,9H2,1H3,(H2,14,15). The van der Waals surface area contributed by atoms with Gasteiger partial charge < -0.3 is 10.5 Å². The lowest BCUT2D eigenvalue weighted by Gasteiger charge is -2.30. The van der Waals surface area contributed by atoms with E-state index in [4.69, 9.17) is 10.5 Å². The molecule has 5 heteroatoms. The van der Waals surface area contributed by atoms with Crippen LogP contribution in [-0.2, 0) is 16.1 Å². The molecule has 1 heterocycles. The molecule has 1 aromatic rings. The molecule has 5 nitrogen and oxygen atoms in total. The number of aromatic nitrogens is 2. The first-order chi connectivity index (χ1) is 8.69. The number of esters is 1. The van der Waals surface area contributed by atoms with Crippen LogP contribution in [0.15, 0.2) is 12.3 Å². The number of nitrogen functional groups attached to an aromatic ring is 1. The smallest absolute Gasteiger partial charge is 0.328 e. The molecule has 0 bridgehead atoms. The van der Waals surface area contributed by atoms with Crippen molar-refractivity contribution in [3.63, 3.8) is 0 Å². The van der Waals surface area contributed by atoms with Gasteiger partial charge in [0.2, 0.25) is 0 Å². The van der Waals surface area contributed by atoms with Gasteiger partial charge in [0.25, 0.3) is 0 Å². The number of hydrogen-bond donors (Lipinski definition) is 1. The van der Waals surface area contributed by atoms with Crippen LogP contribution in [0.5, 0.6) is 0 Å². The average Bonchev–Trinajstić information content (AvgIpc) is 2.75. The quantitative estimate of drug-likeness (QED) is 0.831. The molecular formula is C13H21N3O2. The molecule has 1 aromatic heterocycles. The van der Waals surface area contributed by atoms with E-state index in [0.717, 1.165) is 19.3 Å². The number of carbonyl (C=O) groups excluding carboxylic acids is 1. The molecule has 0 spiro atoms. The number of carbonyl (C=O) groups is 1. The van der Waals surface area contributed by atoms with Gasteiger partial charge in [0, 0.05) is 6.20 Å². The highest BCUT2D eigenvalue weighted by Gasteiger charge is 2.26. The van der Waals surface area contributed by atoms with Crippen molar-refractivity contribution in [2.75, 3.05) is 5.73 Å². The van der Waals surface area contributed by atoms with E-state index < -0.39 is 0 Å². The fraction of sp³-hybridized carbons (Fsp3) is 0.692. The highest BCUT2D eigenvalue weighted by atomic mass is 16.5. The van der Waals surface area contributed by atoms with E-state index in [1.807, 2.05) is 0 Å². The zero-order chi connectivity index (χ0) is 13.0. The van der Waals surface area contributed by atoms with Crippen molar-refractivity contribution < 1.29 is 9.53 Å². The van der Waals surface area contributed by atoms with E-state index in [2.05, 4.69) is 12.0 Å². The molecule has 1 aliphatic carbocycles. The Bertz CT molecular complexity index is 403. The summed E-state index contributed by atoms with van der Waals surface area (Å²) >= 11 is 0. The maximum Gasteiger partial charge on any atom is 0.328 e. The van der Waals surface area contributed by atoms with Crippen LogP contribution in [0.2, 0.25) is 0 Å². The fourth-order valence-electron chi connectivity index (χ4n) is 2.60. The normalized spacial score (nSPS) is 23.8. The van der Waals surface area contributed by atoms with E-state index in [9.17, 15) is 4.79 Å². The summed E-state index contributed by atoms with van der Waals surface area (Å²) in [6.45, 7) is 2.30. The van der Waals surface area contributed by atoms with Crippen molar-refractivity contribution in [3.8, 4) is 0 Å². The van der Waals surface area contributed by atoms with E-state index in [0.29, 0.717) is 11.7 Å². The average molecular weight is 251 g/mol. The fourth-order valence-corrected chi connectivity index (χ4v) is 2.60. The lowest BCUT2D eigenvalue weighted by molar-refractivity contribution is -0.154. The van der Waals surface area contributed by atoms with Gasteiger partial charge in [-0.1, -0.05) is 13.3 Å². The maximum absolute atomic E-state index is 11.8. The van der Waals surface area contributed by atoms with Gasteiger partial charge >= 0.3 is 5.97 Å². The maximum atomic E-state index is 11.8. The molecule has 0 radical (unpaired) electrons. The predicted molar refractivity (Wildman–Crippen MR) is 68.8 cm³/mol. The second kappa shape index (κ2) is 5.89. The van der Waals surface area contributed by atoms with Crippen LogP contribution in [0, 0.1) is 5.92 Å². The van der Waals surface area contributed by atoms with Crippen LogP contribution in [-0.4, -0.2) is 21.9 Å². The molecule has 1 fully saturated rings. The van der Waals surface area contributed by atoms with E-state index in [-0.39, 0.29) is 18.6 Å². The number of rotatable bonds is 4. The van der Waals surface area contributed by atoms with Crippen LogP contribution in [0.1, 0.15) is 39.0 Å². The first-order valence-electron chi connectivity index (χ1n) is 6.67. The summed E-state index contributed by atoms with van der Waals surface area (Å²) < 4.78 is 7.08. The molecular weight excluding hydrogens is 230 g/mol. The van der Waals surface area contributed by atoms with Crippen LogP contribution in [0.25, 0.3) is 0 Å². The summed E-state index contributed by atoms with van der Waals surface area (Å²) in [6, 6.07) is 1.67. The highest BCUT2D eigenvalue weighted by Crippen LogP contribution is 2.29. The number of nitrogens with zero attached hydrogens (tertiary/aromatic N) is 2. The Morgan fingerprint density at radius 3 is 3.00 bits per heavy atom. The summed E-state index contributed by atoms with van der Waals surface area (Å²) in [6.07, 6.45) is 7.42. The van der Waals surface area contributed by atoms with Gasteiger partial charge in [-0.05, 0) is 37.7 Å². The SMILES string of the molecule is CCC1CCCCC1OC(=O)Cn1ccc(N)n1. The molecule has 0 aliphatic heterocycles. The molecule has 0 amide bonds. The minimum Gasteiger partial charge on any atom is -0.461 e. The van der Waals surface area contributed by atoms with Crippen LogP contribution in [0.4, 0.5) is 5.82 Å². The van der Waals surface area contributed by atoms with Gasteiger partial charge in [0.15, 0.2) is 0 Å². The van der Waals surface area contributed by atoms with Gasteiger partial charge in [-0.3, -0.25) is 9.48 Å². The third-order valence-electron chi connectivity index (χ3n) is 3.60. The number of anilines is 1. The third-order valence-corrected chi connectivity index (χ3v) is 3.60. The molecule has 0 aromatic carbocycles. The molecule has 0 saturated heterocycles.